The average Bonchev–Trinajstić information content (AvgIpc) is 2.46. The number of piperidine rings is 1. The smallest absolute Gasteiger partial charge is 0.303 e. The number of carboxylic acids is 1. The monoisotopic (exact) mass is 289 g/mol. The molecule has 1 heterocycles. The number of aryl methyl sites for hydroxylation is 2. The van der Waals surface area contributed by atoms with Crippen LogP contribution in [-0.2, 0) is 16.0 Å². The Morgan fingerprint density at radius 2 is 2.00 bits per heavy atom. The maximum Gasteiger partial charge on any atom is 0.303 e. The molecular weight excluding hydrogens is 266 g/mol. The van der Waals surface area contributed by atoms with Crippen molar-refractivity contribution in [3.63, 3.8) is 0 Å². The number of benzene rings is 1. The molecule has 1 amide bonds. The molecule has 1 saturated heterocycles. The van der Waals surface area contributed by atoms with Crippen LogP contribution < -0.4 is 0 Å². The maximum atomic E-state index is 12.2. The molecule has 1 fully saturated rings. The highest BCUT2D eigenvalue weighted by molar-refractivity contribution is 5.76. The second-order valence-corrected chi connectivity index (χ2v) is 5.93. The van der Waals surface area contributed by atoms with Crippen LogP contribution in [0.15, 0.2) is 24.3 Å². The minimum absolute atomic E-state index is 0.111. The largest absolute Gasteiger partial charge is 0.481 e. The molecule has 0 radical (unpaired) electrons. The number of rotatable bonds is 5. The maximum absolute atomic E-state index is 12.2. The minimum Gasteiger partial charge on any atom is -0.481 e. The number of hydrogen-bond donors (Lipinski definition) is 1. The van der Waals surface area contributed by atoms with Crippen LogP contribution in [0.4, 0.5) is 0 Å². The van der Waals surface area contributed by atoms with Gasteiger partial charge < -0.3 is 10.0 Å². The summed E-state index contributed by atoms with van der Waals surface area (Å²) >= 11 is 0. The highest BCUT2D eigenvalue weighted by Gasteiger charge is 2.24. The summed E-state index contributed by atoms with van der Waals surface area (Å²) in [6.07, 6.45) is 3.24. The molecule has 114 valence electrons. The third-order valence-electron chi connectivity index (χ3n) is 4.08. The molecule has 1 aromatic carbocycles. The van der Waals surface area contributed by atoms with Gasteiger partial charge in [0.15, 0.2) is 0 Å². The van der Waals surface area contributed by atoms with Crippen LogP contribution in [0.25, 0.3) is 0 Å². The average molecular weight is 289 g/mol. The van der Waals surface area contributed by atoms with Gasteiger partial charge in [-0.3, -0.25) is 9.59 Å². The standard InChI is InChI=1S/C17H23NO3/c1-13-4-6-14(7-5-13)8-9-16(19)18-10-2-3-15(12-18)11-17(20)21/h4-7,15H,2-3,8-12H2,1H3,(H,20,21). The van der Waals surface area contributed by atoms with Crippen LogP contribution in [0.5, 0.6) is 0 Å². The van der Waals surface area contributed by atoms with E-state index in [0.29, 0.717) is 13.0 Å². The van der Waals surface area contributed by atoms with E-state index in [1.165, 1.54) is 11.1 Å². The molecule has 1 aliphatic heterocycles. The van der Waals surface area contributed by atoms with Crippen molar-refractivity contribution in [1.82, 2.24) is 4.90 Å². The number of carboxylic acid groups (broad SMARTS) is 1. The normalized spacial score (nSPS) is 18.5. The second-order valence-electron chi connectivity index (χ2n) is 5.93. The Balaban J connectivity index is 1.82. The molecule has 1 aromatic rings. The molecule has 0 aromatic heterocycles. The molecule has 0 aliphatic carbocycles. The highest BCUT2D eigenvalue weighted by atomic mass is 16.4. The number of likely N-dealkylation sites (tertiary alicyclic amines) is 1. The lowest BCUT2D eigenvalue weighted by atomic mass is 9.94. The van der Waals surface area contributed by atoms with E-state index in [1.807, 2.05) is 11.8 Å². The van der Waals surface area contributed by atoms with Crippen molar-refractivity contribution in [2.75, 3.05) is 13.1 Å². The van der Waals surface area contributed by atoms with Crippen molar-refractivity contribution >= 4 is 11.9 Å². The number of amides is 1. The fourth-order valence-corrected chi connectivity index (χ4v) is 2.87. The van der Waals surface area contributed by atoms with Gasteiger partial charge in [0.05, 0.1) is 0 Å². The van der Waals surface area contributed by atoms with Crippen molar-refractivity contribution in [2.24, 2.45) is 5.92 Å². The van der Waals surface area contributed by atoms with Gasteiger partial charge in [0.2, 0.25) is 5.91 Å². The number of nitrogens with zero attached hydrogens (tertiary/aromatic N) is 1. The molecule has 0 bridgehead atoms. The van der Waals surface area contributed by atoms with Gasteiger partial charge in [-0.1, -0.05) is 29.8 Å². The summed E-state index contributed by atoms with van der Waals surface area (Å²) < 4.78 is 0. The first-order chi connectivity index (χ1) is 10.0. The van der Waals surface area contributed by atoms with Crippen LogP contribution in [0.2, 0.25) is 0 Å². The Morgan fingerprint density at radius 1 is 1.29 bits per heavy atom. The molecule has 1 N–H and O–H groups in total. The van der Waals surface area contributed by atoms with Gasteiger partial charge in [-0.25, -0.2) is 0 Å². The third kappa shape index (κ3) is 4.88. The quantitative estimate of drug-likeness (QED) is 0.906. The van der Waals surface area contributed by atoms with Crippen LogP contribution in [0.3, 0.4) is 0 Å². The number of carbonyl (C=O) groups excluding carboxylic acids is 1. The SMILES string of the molecule is Cc1ccc(CCC(=O)N2CCCC(CC(=O)O)C2)cc1. The predicted molar refractivity (Wildman–Crippen MR) is 81.1 cm³/mol. The topological polar surface area (TPSA) is 57.6 Å². The fourth-order valence-electron chi connectivity index (χ4n) is 2.87. The molecule has 2 rings (SSSR count). The summed E-state index contributed by atoms with van der Waals surface area (Å²) in [7, 11) is 0. The molecule has 1 unspecified atom stereocenters. The molecule has 0 saturated carbocycles. The molecule has 1 aliphatic rings. The lowest BCUT2D eigenvalue weighted by Gasteiger charge is -2.32. The van der Waals surface area contributed by atoms with E-state index in [2.05, 4.69) is 24.3 Å². The predicted octanol–water partition coefficient (Wildman–Crippen LogP) is 2.64. The zero-order chi connectivity index (χ0) is 15.2. The van der Waals surface area contributed by atoms with Gasteiger partial charge in [0.25, 0.3) is 0 Å². The first kappa shape index (κ1) is 15.5. The van der Waals surface area contributed by atoms with Gasteiger partial charge in [-0.05, 0) is 37.7 Å². The first-order valence-electron chi connectivity index (χ1n) is 7.59. The Kier molecular flexibility index (Phi) is 5.37. The van der Waals surface area contributed by atoms with Crippen molar-refractivity contribution in [3.05, 3.63) is 35.4 Å². The van der Waals surface area contributed by atoms with E-state index >= 15 is 0 Å². The Morgan fingerprint density at radius 3 is 2.67 bits per heavy atom. The summed E-state index contributed by atoms with van der Waals surface area (Å²) in [5.41, 5.74) is 2.39. The van der Waals surface area contributed by atoms with Crippen LogP contribution in [0, 0.1) is 12.8 Å². The Labute approximate surface area is 125 Å². The van der Waals surface area contributed by atoms with E-state index in [4.69, 9.17) is 5.11 Å². The zero-order valence-electron chi connectivity index (χ0n) is 12.5. The van der Waals surface area contributed by atoms with Crippen molar-refractivity contribution in [2.45, 2.75) is 39.0 Å². The van der Waals surface area contributed by atoms with Crippen LogP contribution in [-0.4, -0.2) is 35.0 Å². The molecular formula is C17H23NO3. The molecule has 0 spiro atoms. The molecule has 4 heteroatoms. The van der Waals surface area contributed by atoms with Gasteiger partial charge in [-0.15, -0.1) is 0 Å². The van der Waals surface area contributed by atoms with E-state index in [9.17, 15) is 9.59 Å². The minimum atomic E-state index is -0.769. The molecule has 21 heavy (non-hydrogen) atoms. The van der Waals surface area contributed by atoms with Crippen molar-refractivity contribution < 1.29 is 14.7 Å². The molecule has 4 nitrogen and oxygen atoms in total. The summed E-state index contributed by atoms with van der Waals surface area (Å²) in [6, 6.07) is 8.24. The van der Waals surface area contributed by atoms with Gasteiger partial charge in [0.1, 0.15) is 0 Å². The van der Waals surface area contributed by atoms with E-state index < -0.39 is 5.97 Å². The number of aliphatic carboxylic acids is 1. The number of hydrogen-bond acceptors (Lipinski definition) is 2. The van der Waals surface area contributed by atoms with Crippen molar-refractivity contribution in [1.29, 1.82) is 0 Å². The Hall–Kier alpha value is -1.84. The molecule has 1 atom stereocenters. The third-order valence-corrected chi connectivity index (χ3v) is 4.08. The van der Waals surface area contributed by atoms with Gasteiger partial charge in [0, 0.05) is 25.9 Å². The summed E-state index contributed by atoms with van der Waals surface area (Å²) in [4.78, 5) is 24.9. The summed E-state index contributed by atoms with van der Waals surface area (Å²) in [6.45, 7) is 3.41. The van der Waals surface area contributed by atoms with Crippen LogP contribution >= 0.6 is 0 Å². The van der Waals surface area contributed by atoms with E-state index in [0.717, 1.165) is 25.8 Å². The van der Waals surface area contributed by atoms with Gasteiger partial charge >= 0.3 is 5.97 Å². The van der Waals surface area contributed by atoms with E-state index in [1.54, 1.807) is 0 Å². The lowest BCUT2D eigenvalue weighted by Crippen LogP contribution is -2.40. The number of carbonyl (C=O) groups is 2. The summed E-state index contributed by atoms with van der Waals surface area (Å²) in [5.74, 6) is -0.515. The zero-order valence-corrected chi connectivity index (χ0v) is 12.5. The summed E-state index contributed by atoms with van der Waals surface area (Å²) in [5, 5.41) is 8.86. The van der Waals surface area contributed by atoms with Crippen molar-refractivity contribution in [3.8, 4) is 0 Å². The van der Waals surface area contributed by atoms with Crippen LogP contribution in [0.1, 0.15) is 36.8 Å². The van der Waals surface area contributed by atoms with Gasteiger partial charge in [-0.2, -0.15) is 0 Å². The second kappa shape index (κ2) is 7.25. The lowest BCUT2D eigenvalue weighted by molar-refractivity contribution is -0.140. The fraction of sp³-hybridized carbons (Fsp3) is 0.529. The highest BCUT2D eigenvalue weighted by Crippen LogP contribution is 2.20. The Bertz CT molecular complexity index is 495. The van der Waals surface area contributed by atoms with E-state index in [-0.39, 0.29) is 18.2 Å². The first-order valence-corrected chi connectivity index (χ1v) is 7.59.